The fourth-order valence-corrected chi connectivity index (χ4v) is 2.91. The Labute approximate surface area is 118 Å². The highest BCUT2D eigenvalue weighted by molar-refractivity contribution is 7.88. The van der Waals surface area contributed by atoms with Crippen molar-refractivity contribution in [3.05, 3.63) is 28.8 Å². The van der Waals surface area contributed by atoms with E-state index in [0.717, 1.165) is 6.26 Å². The Hall–Kier alpha value is -1.29. The average Bonchev–Trinajstić information content (AvgIpc) is 2.24. The monoisotopic (exact) mass is 301 g/mol. The first kappa shape index (κ1) is 15.8. The zero-order valence-corrected chi connectivity index (χ0v) is 12.6. The summed E-state index contributed by atoms with van der Waals surface area (Å²) < 4.78 is 24.9. The molecule has 7 heteroatoms. The molecule has 0 radical (unpaired) electrons. The number of hydrogen-bond donors (Lipinski definition) is 2. The molecule has 0 atom stereocenters. The van der Waals surface area contributed by atoms with Crippen LogP contribution in [0.15, 0.2) is 18.2 Å². The number of benzene rings is 1. The van der Waals surface area contributed by atoms with Gasteiger partial charge < -0.3 is 5.32 Å². The van der Waals surface area contributed by atoms with Crippen molar-refractivity contribution < 1.29 is 8.42 Å². The van der Waals surface area contributed by atoms with E-state index in [1.807, 2.05) is 6.07 Å². The number of rotatable bonds is 5. The maximum absolute atomic E-state index is 11.2. The fraction of sp³-hybridized carbons (Fsp3) is 0.417. The van der Waals surface area contributed by atoms with Gasteiger partial charge in [-0.25, -0.2) is 13.1 Å². The van der Waals surface area contributed by atoms with Crippen LogP contribution in [0.5, 0.6) is 0 Å². The molecule has 0 fully saturated rings. The van der Waals surface area contributed by atoms with Gasteiger partial charge in [0.1, 0.15) is 0 Å². The Morgan fingerprint density at radius 2 is 2.05 bits per heavy atom. The topological polar surface area (TPSA) is 82.0 Å². The molecule has 104 valence electrons. The van der Waals surface area contributed by atoms with Crippen LogP contribution in [0.3, 0.4) is 0 Å². The van der Waals surface area contributed by atoms with E-state index in [4.69, 9.17) is 16.9 Å². The minimum absolute atomic E-state index is 0.367. The molecule has 0 saturated carbocycles. The molecule has 0 aliphatic carbocycles. The summed E-state index contributed by atoms with van der Waals surface area (Å²) in [7, 11) is -3.27. The Balaban J connectivity index is 2.75. The minimum atomic E-state index is -3.27. The lowest BCUT2D eigenvalue weighted by Gasteiger charge is -2.26. The van der Waals surface area contributed by atoms with Crippen molar-refractivity contribution in [1.82, 2.24) is 4.72 Å². The fourth-order valence-electron chi connectivity index (χ4n) is 1.58. The zero-order valence-electron chi connectivity index (χ0n) is 11.0. The summed E-state index contributed by atoms with van der Waals surface area (Å²) in [5, 5.41) is 12.2. The van der Waals surface area contributed by atoms with Crippen molar-refractivity contribution in [2.24, 2.45) is 0 Å². The van der Waals surface area contributed by atoms with Gasteiger partial charge in [0.05, 0.1) is 28.6 Å². The highest BCUT2D eigenvalue weighted by Crippen LogP contribution is 2.23. The summed E-state index contributed by atoms with van der Waals surface area (Å²) in [6, 6.07) is 6.89. The summed E-state index contributed by atoms with van der Waals surface area (Å²) in [5.74, 6) is 0. The molecular formula is C12H16ClN3O2S. The van der Waals surface area contributed by atoms with Crippen molar-refractivity contribution in [3.8, 4) is 6.07 Å². The number of halogens is 1. The first-order valence-corrected chi connectivity index (χ1v) is 7.82. The second-order valence-electron chi connectivity index (χ2n) is 4.92. The van der Waals surface area contributed by atoms with E-state index in [0.29, 0.717) is 22.8 Å². The van der Waals surface area contributed by atoms with Crippen molar-refractivity contribution >= 4 is 27.3 Å². The number of nitriles is 1. The maximum Gasteiger partial charge on any atom is 0.209 e. The molecule has 19 heavy (non-hydrogen) atoms. The summed E-state index contributed by atoms with van der Waals surface area (Å²) in [6.45, 7) is 3.89. The van der Waals surface area contributed by atoms with Gasteiger partial charge in [0, 0.05) is 12.1 Å². The molecule has 0 saturated heterocycles. The third-order valence-electron chi connectivity index (χ3n) is 2.28. The lowest BCUT2D eigenvalue weighted by molar-refractivity contribution is 0.476. The highest BCUT2D eigenvalue weighted by Gasteiger charge is 2.22. The lowest BCUT2D eigenvalue weighted by Crippen LogP contribution is -2.47. The van der Waals surface area contributed by atoms with Gasteiger partial charge in [-0.05, 0) is 32.0 Å². The van der Waals surface area contributed by atoms with Gasteiger partial charge in [0.15, 0.2) is 0 Å². The maximum atomic E-state index is 11.2. The second-order valence-corrected chi connectivity index (χ2v) is 7.07. The molecule has 0 bridgehead atoms. The summed E-state index contributed by atoms with van der Waals surface area (Å²) >= 11 is 6.02. The third-order valence-corrected chi connectivity index (χ3v) is 3.52. The normalized spacial score (nSPS) is 11.9. The van der Waals surface area contributed by atoms with Crippen LogP contribution in [-0.2, 0) is 10.0 Å². The highest BCUT2D eigenvalue weighted by atomic mass is 35.5. The number of nitrogens with zero attached hydrogens (tertiary/aromatic N) is 1. The van der Waals surface area contributed by atoms with Crippen LogP contribution in [0.25, 0.3) is 0 Å². The van der Waals surface area contributed by atoms with Crippen LogP contribution in [-0.4, -0.2) is 26.8 Å². The van der Waals surface area contributed by atoms with Crippen LogP contribution in [0.2, 0.25) is 5.02 Å². The standard InChI is InChI=1S/C12H16ClN3O2S/c1-12(2,16-19(3,17)18)8-15-11-5-4-9(7-14)6-10(11)13/h4-6,15-16H,8H2,1-3H3. The molecule has 0 aromatic heterocycles. The van der Waals surface area contributed by atoms with Crippen molar-refractivity contribution in [1.29, 1.82) is 5.26 Å². The molecule has 0 heterocycles. The van der Waals surface area contributed by atoms with E-state index < -0.39 is 15.6 Å². The Kier molecular flexibility index (Phi) is 4.80. The SMILES string of the molecule is CC(C)(CNc1ccc(C#N)cc1Cl)NS(C)(=O)=O. The number of anilines is 1. The predicted molar refractivity (Wildman–Crippen MR) is 76.7 cm³/mol. The molecule has 1 aromatic carbocycles. The van der Waals surface area contributed by atoms with Crippen LogP contribution >= 0.6 is 11.6 Å². The van der Waals surface area contributed by atoms with Gasteiger partial charge in [0.25, 0.3) is 0 Å². The van der Waals surface area contributed by atoms with Gasteiger partial charge in [0.2, 0.25) is 10.0 Å². The summed E-state index contributed by atoms with van der Waals surface area (Å²) in [4.78, 5) is 0. The van der Waals surface area contributed by atoms with E-state index >= 15 is 0 Å². The molecule has 0 aliphatic heterocycles. The Morgan fingerprint density at radius 3 is 2.53 bits per heavy atom. The zero-order chi connectivity index (χ0) is 14.7. The summed E-state index contributed by atoms with van der Waals surface area (Å²) in [5.41, 5.74) is 0.485. The number of hydrogen-bond acceptors (Lipinski definition) is 4. The first-order valence-electron chi connectivity index (χ1n) is 5.55. The Bertz CT molecular complexity index is 606. The quantitative estimate of drug-likeness (QED) is 0.871. The van der Waals surface area contributed by atoms with Crippen LogP contribution in [0.4, 0.5) is 5.69 Å². The van der Waals surface area contributed by atoms with Crippen LogP contribution in [0, 0.1) is 11.3 Å². The van der Waals surface area contributed by atoms with Crippen LogP contribution < -0.4 is 10.0 Å². The van der Waals surface area contributed by atoms with Crippen molar-refractivity contribution in [3.63, 3.8) is 0 Å². The predicted octanol–water partition coefficient (Wildman–Crippen LogP) is 1.95. The first-order chi connectivity index (χ1) is 8.63. The van der Waals surface area contributed by atoms with E-state index in [-0.39, 0.29) is 0 Å². The van der Waals surface area contributed by atoms with Crippen molar-refractivity contribution in [2.45, 2.75) is 19.4 Å². The van der Waals surface area contributed by atoms with Gasteiger partial charge in [-0.1, -0.05) is 11.6 Å². The molecular weight excluding hydrogens is 286 g/mol. The molecule has 0 aliphatic rings. The van der Waals surface area contributed by atoms with Crippen molar-refractivity contribution in [2.75, 3.05) is 18.1 Å². The molecule has 0 amide bonds. The lowest BCUT2D eigenvalue weighted by atomic mass is 10.1. The third kappa shape index (κ3) is 5.47. The molecule has 2 N–H and O–H groups in total. The van der Waals surface area contributed by atoms with Gasteiger partial charge >= 0.3 is 0 Å². The van der Waals surface area contributed by atoms with E-state index in [1.54, 1.807) is 32.0 Å². The molecule has 0 spiro atoms. The largest absolute Gasteiger partial charge is 0.382 e. The smallest absolute Gasteiger partial charge is 0.209 e. The van der Waals surface area contributed by atoms with Gasteiger partial charge in [-0.15, -0.1) is 0 Å². The second kappa shape index (κ2) is 5.78. The molecule has 1 aromatic rings. The molecule has 1 rings (SSSR count). The molecule has 0 unspecified atom stereocenters. The van der Waals surface area contributed by atoms with Crippen LogP contribution in [0.1, 0.15) is 19.4 Å². The number of sulfonamides is 1. The number of nitrogens with one attached hydrogen (secondary N) is 2. The van der Waals surface area contributed by atoms with Gasteiger partial charge in [-0.3, -0.25) is 0 Å². The molecule has 5 nitrogen and oxygen atoms in total. The van der Waals surface area contributed by atoms with Gasteiger partial charge in [-0.2, -0.15) is 5.26 Å². The van der Waals surface area contributed by atoms with E-state index in [1.165, 1.54) is 0 Å². The Morgan fingerprint density at radius 1 is 1.42 bits per heavy atom. The minimum Gasteiger partial charge on any atom is -0.382 e. The summed E-state index contributed by atoms with van der Waals surface area (Å²) in [6.07, 6.45) is 1.11. The van der Waals surface area contributed by atoms with E-state index in [9.17, 15) is 8.42 Å². The van der Waals surface area contributed by atoms with E-state index in [2.05, 4.69) is 10.0 Å². The average molecular weight is 302 g/mol.